The number of benzene rings is 1. The van der Waals surface area contributed by atoms with Gasteiger partial charge in [-0.3, -0.25) is 8.98 Å². The third kappa shape index (κ3) is 7.76. The summed E-state index contributed by atoms with van der Waals surface area (Å²) in [6, 6.07) is 6.24. The van der Waals surface area contributed by atoms with Crippen LogP contribution in [0.15, 0.2) is 24.3 Å². The van der Waals surface area contributed by atoms with Gasteiger partial charge in [-0.1, -0.05) is 32.8 Å². The molecule has 27 heavy (non-hydrogen) atoms. The highest BCUT2D eigenvalue weighted by atomic mass is 32.2. The number of halogens is 3. The number of rotatable bonds is 11. The highest BCUT2D eigenvalue weighted by molar-refractivity contribution is 7.87. The lowest BCUT2D eigenvalue weighted by molar-refractivity contribution is -0.140. The maximum atomic E-state index is 12.3. The second kappa shape index (κ2) is 10.5. The Kier molecular flexibility index (Phi) is 9.04. The van der Waals surface area contributed by atoms with Crippen LogP contribution in [0.2, 0.25) is 0 Å². The van der Waals surface area contributed by atoms with Gasteiger partial charge in [-0.2, -0.15) is 21.6 Å². The average molecular weight is 412 g/mol. The van der Waals surface area contributed by atoms with E-state index < -0.39 is 34.1 Å². The monoisotopic (exact) mass is 412 g/mol. The molecule has 1 aromatic carbocycles. The van der Waals surface area contributed by atoms with Crippen LogP contribution in [0, 0.1) is 5.92 Å². The lowest BCUT2D eigenvalue weighted by Gasteiger charge is -2.16. The van der Waals surface area contributed by atoms with Crippen molar-refractivity contribution in [3.05, 3.63) is 24.3 Å². The van der Waals surface area contributed by atoms with Gasteiger partial charge in [0, 0.05) is 6.07 Å². The molecule has 1 unspecified atom stereocenters. The molecule has 0 amide bonds. The highest BCUT2D eigenvalue weighted by Gasteiger charge is 2.47. The first kappa shape index (κ1) is 23.2. The van der Waals surface area contributed by atoms with Gasteiger partial charge in [-0.15, -0.1) is 0 Å². The molecule has 6 nitrogen and oxygen atoms in total. The third-order valence-corrected chi connectivity index (χ3v) is 4.48. The minimum absolute atomic E-state index is 0.110. The van der Waals surface area contributed by atoms with Crippen molar-refractivity contribution in [3.8, 4) is 11.5 Å². The van der Waals surface area contributed by atoms with E-state index in [2.05, 4.69) is 4.18 Å². The van der Waals surface area contributed by atoms with Crippen LogP contribution in [0.1, 0.15) is 39.5 Å². The molecule has 0 aromatic heterocycles. The number of carbonyl (C=O) groups is 1. The van der Waals surface area contributed by atoms with E-state index in [4.69, 9.17) is 9.47 Å². The fourth-order valence-electron chi connectivity index (χ4n) is 2.02. The van der Waals surface area contributed by atoms with Crippen LogP contribution in [0.4, 0.5) is 13.2 Å². The molecule has 0 aliphatic heterocycles. The zero-order valence-electron chi connectivity index (χ0n) is 15.1. The van der Waals surface area contributed by atoms with Crippen LogP contribution >= 0.6 is 0 Å². The molecule has 0 fully saturated rings. The lowest BCUT2D eigenvalue weighted by Crippen LogP contribution is -2.31. The van der Waals surface area contributed by atoms with Gasteiger partial charge in [-0.05, 0) is 25.0 Å². The van der Waals surface area contributed by atoms with E-state index in [9.17, 15) is 26.4 Å². The zero-order valence-corrected chi connectivity index (χ0v) is 15.9. The summed E-state index contributed by atoms with van der Waals surface area (Å²) in [5.41, 5.74) is -5.54. The largest absolute Gasteiger partial charge is 0.523 e. The first-order valence-corrected chi connectivity index (χ1v) is 9.91. The van der Waals surface area contributed by atoms with Gasteiger partial charge in [0.25, 0.3) is 0 Å². The predicted octanol–water partition coefficient (Wildman–Crippen LogP) is 4.05. The van der Waals surface area contributed by atoms with E-state index in [1.165, 1.54) is 12.1 Å². The Hall–Kier alpha value is -1.81. The summed E-state index contributed by atoms with van der Waals surface area (Å²) in [7, 11) is -5.76. The summed E-state index contributed by atoms with van der Waals surface area (Å²) < 4.78 is 73.6. The predicted molar refractivity (Wildman–Crippen MR) is 91.8 cm³/mol. The quantitative estimate of drug-likeness (QED) is 0.179. The first-order chi connectivity index (χ1) is 12.6. The van der Waals surface area contributed by atoms with Gasteiger partial charge < -0.3 is 9.47 Å². The number of hydrogen-bond acceptors (Lipinski definition) is 6. The lowest BCUT2D eigenvalue weighted by atomic mass is 10.1. The highest BCUT2D eigenvalue weighted by Crippen LogP contribution is 2.26. The van der Waals surface area contributed by atoms with Crippen LogP contribution in [0.5, 0.6) is 11.5 Å². The third-order valence-electron chi connectivity index (χ3n) is 3.47. The van der Waals surface area contributed by atoms with Crippen molar-refractivity contribution in [2.75, 3.05) is 13.2 Å². The van der Waals surface area contributed by atoms with Crippen molar-refractivity contribution >= 4 is 16.1 Å². The molecule has 10 heteroatoms. The Morgan fingerprint density at radius 1 is 1.15 bits per heavy atom. The maximum absolute atomic E-state index is 12.3. The van der Waals surface area contributed by atoms with Crippen LogP contribution in [-0.4, -0.2) is 33.1 Å². The SMILES string of the molecule is CCCCOc1cccc(OC(=O)C(CCC)COS(=O)(=O)C(F)(F)F)c1. The summed E-state index contributed by atoms with van der Waals surface area (Å²) >= 11 is 0. The minimum atomic E-state index is -5.76. The minimum Gasteiger partial charge on any atom is -0.493 e. The molecule has 0 saturated heterocycles. The molecule has 0 heterocycles. The van der Waals surface area contributed by atoms with Crippen LogP contribution in [0.25, 0.3) is 0 Å². The van der Waals surface area contributed by atoms with Crippen LogP contribution in [-0.2, 0) is 19.1 Å². The molecule has 0 aliphatic carbocycles. The standard InChI is InChI=1S/C17H23F3O6S/c1-3-5-10-24-14-8-6-9-15(11-14)26-16(21)13(7-4-2)12-25-27(22,23)17(18,19)20/h6,8-9,11,13H,3-5,7,10,12H2,1-2H3. The van der Waals surface area contributed by atoms with Gasteiger partial charge in [0.15, 0.2) is 0 Å². The Balaban J connectivity index is 2.74. The van der Waals surface area contributed by atoms with Crippen molar-refractivity contribution < 1.29 is 40.0 Å². The molecule has 0 aliphatic rings. The summed E-state index contributed by atoms with van der Waals surface area (Å²) in [6.45, 7) is 3.26. The van der Waals surface area contributed by atoms with Crippen molar-refractivity contribution in [1.29, 1.82) is 0 Å². The molecule has 1 aromatic rings. The number of unbranched alkanes of at least 4 members (excludes halogenated alkanes) is 1. The average Bonchev–Trinajstić information content (AvgIpc) is 2.58. The summed E-state index contributed by atoms with van der Waals surface area (Å²) in [6.07, 6.45) is 2.34. The van der Waals surface area contributed by atoms with Crippen molar-refractivity contribution in [1.82, 2.24) is 0 Å². The molecule has 0 saturated carbocycles. The summed E-state index contributed by atoms with van der Waals surface area (Å²) in [4.78, 5) is 12.2. The molecule has 0 radical (unpaired) electrons. The number of ether oxygens (including phenoxy) is 2. The van der Waals surface area contributed by atoms with Gasteiger partial charge in [0.2, 0.25) is 0 Å². The van der Waals surface area contributed by atoms with Crippen molar-refractivity contribution in [2.45, 2.75) is 45.0 Å². The smallest absolute Gasteiger partial charge is 0.493 e. The van der Waals surface area contributed by atoms with E-state index in [0.29, 0.717) is 18.8 Å². The second-order valence-corrected chi connectivity index (χ2v) is 7.37. The number of esters is 1. The van der Waals surface area contributed by atoms with Crippen molar-refractivity contribution in [3.63, 3.8) is 0 Å². The molecule has 0 bridgehead atoms. The molecular formula is C17H23F3O6S. The van der Waals surface area contributed by atoms with E-state index in [0.717, 1.165) is 12.8 Å². The summed E-state index contributed by atoms with van der Waals surface area (Å²) in [5, 5.41) is 0. The fraction of sp³-hybridized carbons (Fsp3) is 0.588. The van der Waals surface area contributed by atoms with Gasteiger partial charge >= 0.3 is 21.6 Å². The molecule has 1 atom stereocenters. The second-order valence-electron chi connectivity index (χ2n) is 5.77. The zero-order chi connectivity index (χ0) is 20.5. The van der Waals surface area contributed by atoms with Gasteiger partial charge in [0.05, 0.1) is 19.1 Å². The molecular weight excluding hydrogens is 389 g/mol. The molecule has 0 spiro atoms. The first-order valence-electron chi connectivity index (χ1n) is 8.51. The fourth-order valence-corrected chi connectivity index (χ4v) is 2.49. The molecule has 0 N–H and O–H groups in total. The summed E-state index contributed by atoms with van der Waals surface area (Å²) in [5.74, 6) is -1.40. The Morgan fingerprint density at radius 3 is 2.41 bits per heavy atom. The van der Waals surface area contributed by atoms with Gasteiger partial charge in [-0.25, -0.2) is 0 Å². The van der Waals surface area contributed by atoms with Gasteiger partial charge in [0.1, 0.15) is 11.5 Å². The molecule has 154 valence electrons. The number of carbonyl (C=O) groups excluding carboxylic acids is 1. The van der Waals surface area contributed by atoms with E-state index >= 15 is 0 Å². The maximum Gasteiger partial charge on any atom is 0.523 e. The van der Waals surface area contributed by atoms with Crippen LogP contribution in [0.3, 0.4) is 0 Å². The number of alkyl halides is 3. The molecule has 1 rings (SSSR count). The topological polar surface area (TPSA) is 78.9 Å². The van der Waals surface area contributed by atoms with E-state index in [1.54, 1.807) is 19.1 Å². The van der Waals surface area contributed by atoms with E-state index in [-0.39, 0.29) is 12.2 Å². The van der Waals surface area contributed by atoms with E-state index in [1.807, 2.05) is 6.92 Å². The van der Waals surface area contributed by atoms with Crippen LogP contribution < -0.4 is 9.47 Å². The Morgan fingerprint density at radius 2 is 1.81 bits per heavy atom. The number of hydrogen-bond donors (Lipinski definition) is 0. The Bertz CT molecular complexity index is 703. The Labute approximate surface area is 156 Å². The normalized spacial score (nSPS) is 13.2. The van der Waals surface area contributed by atoms with Crippen molar-refractivity contribution in [2.24, 2.45) is 5.92 Å².